The molecule has 0 spiro atoms. The summed E-state index contributed by atoms with van der Waals surface area (Å²) in [7, 11) is 1.46. The van der Waals surface area contributed by atoms with Gasteiger partial charge in [0, 0.05) is 12.6 Å². The van der Waals surface area contributed by atoms with Crippen molar-refractivity contribution in [3.8, 4) is 11.4 Å². The second-order valence-electron chi connectivity index (χ2n) is 5.81. The number of benzene rings is 1. The van der Waals surface area contributed by atoms with Crippen molar-refractivity contribution in [2.24, 2.45) is 0 Å². The maximum atomic E-state index is 13.5. The minimum absolute atomic E-state index is 0.210. The summed E-state index contributed by atoms with van der Waals surface area (Å²) in [6.07, 6.45) is -1.14. The Kier molecular flexibility index (Phi) is 5.01. The Balaban J connectivity index is 2.05. The van der Waals surface area contributed by atoms with E-state index in [1.807, 2.05) is 0 Å². The van der Waals surface area contributed by atoms with Crippen molar-refractivity contribution in [1.82, 2.24) is 14.5 Å². The summed E-state index contributed by atoms with van der Waals surface area (Å²) in [5.74, 6) is 0.0839. The van der Waals surface area contributed by atoms with Crippen LogP contribution in [0.4, 0.5) is 19.0 Å². The van der Waals surface area contributed by atoms with Gasteiger partial charge in [0.05, 0.1) is 30.0 Å². The first-order chi connectivity index (χ1) is 12.4. The first-order valence-corrected chi connectivity index (χ1v) is 8.28. The number of aromatic nitrogens is 3. The Morgan fingerprint density at radius 3 is 2.62 bits per heavy atom. The van der Waals surface area contributed by atoms with Crippen LogP contribution < -0.4 is 10.1 Å². The molecule has 26 heavy (non-hydrogen) atoms. The van der Waals surface area contributed by atoms with E-state index in [4.69, 9.17) is 4.74 Å². The van der Waals surface area contributed by atoms with Gasteiger partial charge in [0.1, 0.15) is 11.6 Å². The van der Waals surface area contributed by atoms with E-state index in [1.165, 1.54) is 19.4 Å². The molecule has 8 heteroatoms. The monoisotopic (exact) mass is 364 g/mol. The van der Waals surface area contributed by atoms with E-state index in [2.05, 4.69) is 22.2 Å². The van der Waals surface area contributed by atoms with Crippen LogP contribution in [0.25, 0.3) is 16.7 Å². The lowest BCUT2D eigenvalue weighted by molar-refractivity contribution is -0.145. The summed E-state index contributed by atoms with van der Waals surface area (Å²) in [4.78, 5) is 7.99. The summed E-state index contributed by atoms with van der Waals surface area (Å²) in [6.45, 7) is 2.85. The zero-order valence-electron chi connectivity index (χ0n) is 14.5. The standard InChI is InChI=1S/C18H19F3N4O/c1-3-4-9-22-16-8-5-12(11-23-16)25-15-7-6-13(26-2)10-14(15)24-17(25)18(19,20)21/h5-8,10-11H,3-4,9H2,1-2H3,(H,22,23). The molecule has 3 aromatic rings. The van der Waals surface area contributed by atoms with Crippen molar-refractivity contribution in [1.29, 1.82) is 0 Å². The molecule has 5 nitrogen and oxygen atoms in total. The molecule has 2 heterocycles. The molecular formula is C18H19F3N4O. The quantitative estimate of drug-likeness (QED) is 0.647. The van der Waals surface area contributed by atoms with Crippen LogP contribution >= 0.6 is 0 Å². The predicted octanol–water partition coefficient (Wildman–Crippen LogP) is 4.66. The summed E-state index contributed by atoms with van der Waals surface area (Å²) >= 11 is 0. The molecule has 0 unspecified atom stereocenters. The predicted molar refractivity (Wildman–Crippen MR) is 93.8 cm³/mol. The van der Waals surface area contributed by atoms with E-state index < -0.39 is 12.0 Å². The Morgan fingerprint density at radius 2 is 2.00 bits per heavy atom. The number of nitrogens with one attached hydrogen (secondary N) is 1. The van der Waals surface area contributed by atoms with Gasteiger partial charge >= 0.3 is 6.18 Å². The molecule has 0 aliphatic heterocycles. The number of imidazole rings is 1. The number of halogens is 3. The van der Waals surface area contributed by atoms with Crippen molar-refractivity contribution in [3.05, 3.63) is 42.4 Å². The van der Waals surface area contributed by atoms with Gasteiger partial charge in [-0.25, -0.2) is 9.97 Å². The molecule has 0 aliphatic rings. The molecule has 0 radical (unpaired) electrons. The van der Waals surface area contributed by atoms with Crippen LogP contribution in [0.1, 0.15) is 25.6 Å². The van der Waals surface area contributed by atoms with Gasteiger partial charge in [-0.3, -0.25) is 4.57 Å². The average Bonchev–Trinajstić information content (AvgIpc) is 3.01. The fourth-order valence-corrected chi connectivity index (χ4v) is 2.65. The molecule has 0 aliphatic carbocycles. The third-order valence-corrected chi connectivity index (χ3v) is 3.96. The number of hydrogen-bond donors (Lipinski definition) is 1. The van der Waals surface area contributed by atoms with Gasteiger partial charge in [0.25, 0.3) is 0 Å². The van der Waals surface area contributed by atoms with Crippen LogP contribution in [0.2, 0.25) is 0 Å². The lowest BCUT2D eigenvalue weighted by Gasteiger charge is -2.12. The minimum Gasteiger partial charge on any atom is -0.497 e. The van der Waals surface area contributed by atoms with E-state index in [1.54, 1.807) is 24.3 Å². The van der Waals surface area contributed by atoms with Gasteiger partial charge in [-0.2, -0.15) is 13.2 Å². The summed E-state index contributed by atoms with van der Waals surface area (Å²) in [5, 5.41) is 3.14. The Bertz CT molecular complexity index is 888. The molecule has 0 fully saturated rings. The van der Waals surface area contributed by atoms with Gasteiger partial charge in [0.2, 0.25) is 5.82 Å². The van der Waals surface area contributed by atoms with Crippen LogP contribution in [0.15, 0.2) is 36.5 Å². The number of ether oxygens (including phenoxy) is 1. The second kappa shape index (κ2) is 7.23. The number of methoxy groups -OCH3 is 1. The van der Waals surface area contributed by atoms with Crippen LogP contribution in [-0.4, -0.2) is 28.2 Å². The number of fused-ring (bicyclic) bond motifs is 1. The fourth-order valence-electron chi connectivity index (χ4n) is 2.65. The SMILES string of the molecule is CCCCNc1ccc(-n2c(C(F)(F)F)nc3cc(OC)ccc32)cn1. The van der Waals surface area contributed by atoms with E-state index >= 15 is 0 Å². The Labute approximate surface area is 148 Å². The van der Waals surface area contributed by atoms with Gasteiger partial charge in [0.15, 0.2) is 0 Å². The van der Waals surface area contributed by atoms with Crippen molar-refractivity contribution >= 4 is 16.9 Å². The molecule has 1 aromatic carbocycles. The van der Waals surface area contributed by atoms with Crippen LogP contribution in [0.3, 0.4) is 0 Å². The smallest absolute Gasteiger partial charge is 0.450 e. The zero-order chi connectivity index (χ0) is 18.7. The normalized spacial score (nSPS) is 11.7. The highest BCUT2D eigenvalue weighted by molar-refractivity contribution is 5.80. The number of rotatable bonds is 6. The minimum atomic E-state index is -4.59. The maximum Gasteiger partial charge on any atom is 0.450 e. The van der Waals surface area contributed by atoms with Gasteiger partial charge in [-0.15, -0.1) is 0 Å². The third kappa shape index (κ3) is 3.58. The van der Waals surface area contributed by atoms with Crippen molar-refractivity contribution in [2.45, 2.75) is 25.9 Å². The van der Waals surface area contributed by atoms with Gasteiger partial charge < -0.3 is 10.1 Å². The lowest BCUT2D eigenvalue weighted by Crippen LogP contribution is -2.14. The highest BCUT2D eigenvalue weighted by Crippen LogP contribution is 2.34. The zero-order valence-corrected chi connectivity index (χ0v) is 14.5. The molecule has 1 N–H and O–H groups in total. The maximum absolute atomic E-state index is 13.5. The van der Waals surface area contributed by atoms with Crippen molar-refractivity contribution in [3.63, 3.8) is 0 Å². The fraction of sp³-hybridized carbons (Fsp3) is 0.333. The molecule has 0 atom stereocenters. The summed E-state index contributed by atoms with van der Waals surface area (Å²) in [6, 6.07) is 7.91. The number of unbranched alkanes of at least 4 members (excludes halogenated alkanes) is 1. The molecular weight excluding hydrogens is 345 g/mol. The molecule has 0 amide bonds. The number of anilines is 1. The van der Waals surface area contributed by atoms with Gasteiger partial charge in [-0.05, 0) is 30.7 Å². The van der Waals surface area contributed by atoms with Crippen LogP contribution in [0.5, 0.6) is 5.75 Å². The second-order valence-corrected chi connectivity index (χ2v) is 5.81. The molecule has 3 rings (SSSR count). The molecule has 2 aromatic heterocycles. The third-order valence-electron chi connectivity index (χ3n) is 3.96. The molecule has 0 bridgehead atoms. The molecule has 138 valence electrons. The van der Waals surface area contributed by atoms with E-state index in [-0.39, 0.29) is 5.52 Å². The van der Waals surface area contributed by atoms with Crippen molar-refractivity contribution < 1.29 is 17.9 Å². The van der Waals surface area contributed by atoms with Crippen LogP contribution in [-0.2, 0) is 6.18 Å². The number of nitrogens with zero attached hydrogens (tertiary/aromatic N) is 3. The largest absolute Gasteiger partial charge is 0.497 e. The van der Waals surface area contributed by atoms with Crippen LogP contribution in [0, 0.1) is 0 Å². The Hall–Kier alpha value is -2.77. The number of hydrogen-bond acceptors (Lipinski definition) is 4. The van der Waals surface area contributed by atoms with E-state index in [0.29, 0.717) is 22.8 Å². The molecule has 0 saturated carbocycles. The number of pyridine rings is 1. The Morgan fingerprint density at radius 1 is 1.19 bits per heavy atom. The highest BCUT2D eigenvalue weighted by Gasteiger charge is 2.38. The summed E-state index contributed by atoms with van der Waals surface area (Å²) < 4.78 is 46.6. The lowest BCUT2D eigenvalue weighted by atomic mass is 10.3. The number of alkyl halides is 3. The first-order valence-electron chi connectivity index (χ1n) is 8.28. The first kappa shape index (κ1) is 18.0. The summed E-state index contributed by atoms with van der Waals surface area (Å²) in [5.41, 5.74) is 0.847. The van der Waals surface area contributed by atoms with Crippen molar-refractivity contribution in [2.75, 3.05) is 19.0 Å². The average molecular weight is 364 g/mol. The van der Waals surface area contributed by atoms with Gasteiger partial charge in [-0.1, -0.05) is 13.3 Å². The van der Waals surface area contributed by atoms with E-state index in [9.17, 15) is 13.2 Å². The topological polar surface area (TPSA) is 52.0 Å². The van der Waals surface area contributed by atoms with E-state index in [0.717, 1.165) is 24.0 Å². The molecule has 0 saturated heterocycles. The highest BCUT2D eigenvalue weighted by atomic mass is 19.4.